The van der Waals surface area contributed by atoms with E-state index in [1.54, 1.807) is 7.11 Å². The number of aryl methyl sites for hydroxylation is 1. The van der Waals surface area contributed by atoms with Crippen LogP contribution >= 0.6 is 11.6 Å². The number of carbonyl (C=O) groups excluding carboxylic acids is 1. The summed E-state index contributed by atoms with van der Waals surface area (Å²) >= 11 is 6.96. The summed E-state index contributed by atoms with van der Waals surface area (Å²) < 4.78 is 7.74. The van der Waals surface area contributed by atoms with E-state index in [0.29, 0.717) is 28.9 Å². The molecule has 2 aromatic rings. The zero-order valence-electron chi connectivity index (χ0n) is 22.2. The van der Waals surface area contributed by atoms with E-state index in [2.05, 4.69) is 30.0 Å². The minimum absolute atomic E-state index is 0.00646. The summed E-state index contributed by atoms with van der Waals surface area (Å²) in [6.07, 6.45) is 6.74. The lowest BCUT2D eigenvalue weighted by Crippen LogP contribution is -2.63. The Kier molecular flexibility index (Phi) is 6.61. The standard InChI is InChI=1S/C28H37ClN6O2/c1-6-23(36)33-14-28(15-33)10-20(11-28)35-18(4)24(25-21(12-30)22(31)9-16(2)26(25)29)27(32-35)34-17(3)7-8-19(34)13-37-5/h6,9,12,17,19-20,30H,1,7-8,10-11,13-15,31H2,2-5H3. The molecular weight excluding hydrogens is 488 g/mol. The molecule has 0 bridgehead atoms. The van der Waals surface area contributed by atoms with Gasteiger partial charge in [0.2, 0.25) is 5.91 Å². The van der Waals surface area contributed by atoms with Gasteiger partial charge in [-0.15, -0.1) is 0 Å². The van der Waals surface area contributed by atoms with E-state index in [9.17, 15) is 4.79 Å². The van der Waals surface area contributed by atoms with Crippen molar-refractivity contribution in [1.82, 2.24) is 14.7 Å². The number of benzene rings is 1. The third-order valence-electron chi connectivity index (χ3n) is 8.66. The molecule has 1 aromatic carbocycles. The van der Waals surface area contributed by atoms with E-state index < -0.39 is 0 Å². The molecule has 198 valence electrons. The first-order chi connectivity index (χ1) is 17.6. The van der Waals surface area contributed by atoms with Crippen molar-refractivity contribution < 1.29 is 9.53 Å². The predicted molar refractivity (Wildman–Crippen MR) is 149 cm³/mol. The molecule has 2 atom stereocenters. The quantitative estimate of drug-likeness (QED) is 0.309. The molecule has 0 radical (unpaired) electrons. The summed E-state index contributed by atoms with van der Waals surface area (Å²) in [6, 6.07) is 2.59. The first-order valence-corrected chi connectivity index (χ1v) is 13.4. The summed E-state index contributed by atoms with van der Waals surface area (Å²) in [5.41, 5.74) is 11.4. The van der Waals surface area contributed by atoms with E-state index in [1.807, 2.05) is 17.9 Å². The Hall–Kier alpha value is -2.84. The first kappa shape index (κ1) is 25.8. The van der Waals surface area contributed by atoms with Gasteiger partial charge >= 0.3 is 0 Å². The van der Waals surface area contributed by atoms with Gasteiger partial charge in [0.05, 0.1) is 23.7 Å². The normalized spacial score (nSPS) is 22.7. The molecule has 5 rings (SSSR count). The summed E-state index contributed by atoms with van der Waals surface area (Å²) in [5, 5.41) is 14.0. The van der Waals surface area contributed by atoms with Crippen molar-refractivity contribution in [2.45, 2.75) is 64.6 Å². The Morgan fingerprint density at radius 3 is 2.65 bits per heavy atom. The molecule has 3 fully saturated rings. The molecule has 9 heteroatoms. The van der Waals surface area contributed by atoms with Crippen molar-refractivity contribution in [3.8, 4) is 11.1 Å². The Morgan fingerprint density at radius 2 is 2.03 bits per heavy atom. The molecule has 1 saturated carbocycles. The third-order valence-corrected chi connectivity index (χ3v) is 9.14. The van der Waals surface area contributed by atoms with Crippen molar-refractivity contribution in [1.29, 1.82) is 5.41 Å². The Labute approximate surface area is 223 Å². The second kappa shape index (κ2) is 9.48. The number of halogens is 1. The Morgan fingerprint density at radius 1 is 1.32 bits per heavy atom. The van der Waals surface area contributed by atoms with Gasteiger partial charge in [-0.3, -0.25) is 9.48 Å². The van der Waals surface area contributed by atoms with Gasteiger partial charge in [0, 0.05) is 65.9 Å². The van der Waals surface area contributed by atoms with E-state index in [-0.39, 0.29) is 23.4 Å². The summed E-state index contributed by atoms with van der Waals surface area (Å²) in [7, 11) is 1.74. The first-order valence-electron chi connectivity index (χ1n) is 13.0. The minimum atomic E-state index is 0.00646. The molecule has 1 amide bonds. The van der Waals surface area contributed by atoms with Crippen LogP contribution in [-0.4, -0.2) is 65.7 Å². The van der Waals surface area contributed by atoms with Crippen molar-refractivity contribution in [3.63, 3.8) is 0 Å². The predicted octanol–water partition coefficient (Wildman–Crippen LogP) is 4.75. The molecule has 3 heterocycles. The number of anilines is 2. The fourth-order valence-electron chi connectivity index (χ4n) is 6.80. The van der Waals surface area contributed by atoms with Gasteiger partial charge in [0.15, 0.2) is 5.82 Å². The number of nitrogens with two attached hydrogens (primary N) is 1. The molecule has 1 aromatic heterocycles. The average molecular weight is 525 g/mol. The van der Waals surface area contributed by atoms with Crippen LogP contribution in [-0.2, 0) is 9.53 Å². The number of ether oxygens (including phenoxy) is 1. The largest absolute Gasteiger partial charge is 0.398 e. The molecular formula is C28H37ClN6O2. The number of hydrogen-bond acceptors (Lipinski definition) is 6. The van der Waals surface area contributed by atoms with Crippen molar-refractivity contribution in [2.24, 2.45) is 5.41 Å². The topological polar surface area (TPSA) is 100 Å². The second-order valence-electron chi connectivity index (χ2n) is 11.2. The maximum atomic E-state index is 12.0. The number of rotatable bonds is 7. The van der Waals surface area contributed by atoms with Gasteiger partial charge in [-0.25, -0.2) is 0 Å². The molecule has 1 aliphatic carbocycles. The molecule has 2 unspecified atom stereocenters. The number of nitrogens with zero attached hydrogens (tertiary/aromatic N) is 4. The molecule has 37 heavy (non-hydrogen) atoms. The highest BCUT2D eigenvalue weighted by atomic mass is 35.5. The highest BCUT2D eigenvalue weighted by Crippen LogP contribution is 2.55. The number of nitrogens with one attached hydrogen (secondary N) is 1. The molecule has 2 saturated heterocycles. The van der Waals surface area contributed by atoms with E-state index in [0.717, 1.165) is 67.0 Å². The van der Waals surface area contributed by atoms with Crippen molar-refractivity contribution in [2.75, 3.05) is 37.4 Å². The molecule has 3 N–H and O–H groups in total. The van der Waals surface area contributed by atoms with Gasteiger partial charge in [-0.1, -0.05) is 18.2 Å². The van der Waals surface area contributed by atoms with Crippen LogP contribution in [0.3, 0.4) is 0 Å². The SMILES string of the molecule is C=CC(=O)N1CC2(CC(n3nc(N4C(C)CCC4COC)c(-c4c(Cl)c(C)cc(N)c4C=N)c3C)C2)C1. The molecule has 3 aliphatic rings. The number of hydrogen-bond donors (Lipinski definition) is 2. The highest BCUT2D eigenvalue weighted by Gasteiger charge is 2.54. The Balaban J connectivity index is 1.59. The summed E-state index contributed by atoms with van der Waals surface area (Å²) in [6.45, 7) is 12.1. The zero-order valence-corrected chi connectivity index (χ0v) is 22.9. The van der Waals surface area contributed by atoms with Crippen LogP contribution in [0.1, 0.15) is 55.5 Å². The van der Waals surface area contributed by atoms with Crippen LogP contribution < -0.4 is 10.6 Å². The van der Waals surface area contributed by atoms with Crippen LogP contribution in [0, 0.1) is 24.7 Å². The average Bonchev–Trinajstić information content (AvgIpc) is 3.33. The fourth-order valence-corrected chi connectivity index (χ4v) is 7.05. The Bertz CT molecular complexity index is 1250. The van der Waals surface area contributed by atoms with E-state index in [4.69, 9.17) is 32.6 Å². The van der Waals surface area contributed by atoms with Gasteiger partial charge in [-0.05, 0) is 64.2 Å². The zero-order chi connectivity index (χ0) is 26.6. The van der Waals surface area contributed by atoms with Crippen LogP contribution in [0.2, 0.25) is 5.02 Å². The smallest absolute Gasteiger partial charge is 0.245 e. The van der Waals surface area contributed by atoms with Crippen molar-refractivity contribution in [3.05, 3.63) is 40.6 Å². The van der Waals surface area contributed by atoms with Crippen molar-refractivity contribution >= 4 is 35.2 Å². The monoisotopic (exact) mass is 524 g/mol. The molecule has 8 nitrogen and oxygen atoms in total. The van der Waals surface area contributed by atoms with Gasteiger partial charge < -0.3 is 25.7 Å². The number of methoxy groups -OCH3 is 1. The maximum Gasteiger partial charge on any atom is 0.245 e. The molecule has 1 spiro atoms. The number of amides is 1. The lowest BCUT2D eigenvalue weighted by Gasteiger charge is -2.58. The highest BCUT2D eigenvalue weighted by molar-refractivity contribution is 6.35. The fraction of sp³-hybridized carbons (Fsp3) is 0.536. The minimum Gasteiger partial charge on any atom is -0.398 e. The number of carbonyl (C=O) groups is 1. The van der Waals surface area contributed by atoms with E-state index in [1.165, 1.54) is 12.3 Å². The van der Waals surface area contributed by atoms with E-state index >= 15 is 0 Å². The molecule has 2 aliphatic heterocycles. The summed E-state index contributed by atoms with van der Waals surface area (Å²) in [4.78, 5) is 16.2. The number of nitrogen functional groups attached to an aromatic ring is 1. The lowest BCUT2D eigenvalue weighted by atomic mass is 9.60. The van der Waals surface area contributed by atoms with Crippen LogP contribution in [0.4, 0.5) is 11.5 Å². The van der Waals surface area contributed by atoms with Crippen LogP contribution in [0.5, 0.6) is 0 Å². The van der Waals surface area contributed by atoms with Gasteiger partial charge in [-0.2, -0.15) is 5.10 Å². The van der Waals surface area contributed by atoms with Crippen LogP contribution in [0.25, 0.3) is 11.1 Å². The lowest BCUT2D eigenvalue weighted by molar-refractivity contribution is -0.149. The van der Waals surface area contributed by atoms with Crippen LogP contribution in [0.15, 0.2) is 18.7 Å². The maximum absolute atomic E-state index is 12.0. The summed E-state index contributed by atoms with van der Waals surface area (Å²) in [5.74, 6) is 0.893. The third kappa shape index (κ3) is 4.05. The van der Waals surface area contributed by atoms with Gasteiger partial charge in [0.1, 0.15) is 0 Å². The number of likely N-dealkylation sites (tertiary alicyclic amines) is 1. The second-order valence-corrected chi connectivity index (χ2v) is 11.5. The van der Waals surface area contributed by atoms with Gasteiger partial charge in [0.25, 0.3) is 0 Å². The number of aromatic nitrogens is 2.